The Bertz CT molecular complexity index is 616. The van der Waals surface area contributed by atoms with E-state index in [4.69, 9.17) is 11.6 Å². The van der Waals surface area contributed by atoms with Crippen molar-refractivity contribution in [3.8, 4) is 0 Å². The van der Waals surface area contributed by atoms with Crippen LogP contribution in [0, 0.1) is 0 Å². The third-order valence-electron chi connectivity index (χ3n) is 4.63. The summed E-state index contributed by atoms with van der Waals surface area (Å²) in [5, 5.41) is 0.517. The second-order valence-electron chi connectivity index (χ2n) is 7.38. The van der Waals surface area contributed by atoms with E-state index in [2.05, 4.69) is 20.8 Å². The van der Waals surface area contributed by atoms with E-state index in [9.17, 15) is 9.59 Å². The van der Waals surface area contributed by atoms with Gasteiger partial charge in [0.05, 0.1) is 16.4 Å². The normalized spacial score (nSPS) is 19.1. The Morgan fingerprint density at radius 3 is 1.65 bits per heavy atom. The van der Waals surface area contributed by atoms with Gasteiger partial charge >= 0.3 is 0 Å². The van der Waals surface area contributed by atoms with Crippen molar-refractivity contribution in [3.05, 3.63) is 22.7 Å². The Hall–Kier alpha value is -1.55. The van der Waals surface area contributed by atoms with Crippen molar-refractivity contribution in [2.45, 2.75) is 51.9 Å². The van der Waals surface area contributed by atoms with E-state index >= 15 is 0 Å². The maximum absolute atomic E-state index is 12.2. The van der Waals surface area contributed by atoms with Crippen LogP contribution in [-0.4, -0.2) is 24.9 Å². The van der Waals surface area contributed by atoms with Crippen LogP contribution < -0.4 is 9.80 Å². The molecule has 2 amide bonds. The summed E-state index contributed by atoms with van der Waals surface area (Å²) >= 11 is 6.63. The Labute approximate surface area is 142 Å². The van der Waals surface area contributed by atoms with Gasteiger partial charge in [0, 0.05) is 25.9 Å². The van der Waals surface area contributed by atoms with Crippen LogP contribution in [0.15, 0.2) is 12.1 Å². The molecular weight excluding hydrogens is 312 g/mol. The first-order valence-electron chi connectivity index (χ1n) is 8.24. The lowest BCUT2D eigenvalue weighted by Gasteiger charge is -2.28. The molecule has 124 valence electrons. The van der Waals surface area contributed by atoms with E-state index < -0.39 is 0 Å². The molecule has 3 rings (SSSR count). The van der Waals surface area contributed by atoms with E-state index in [1.165, 1.54) is 0 Å². The van der Waals surface area contributed by atoms with Crippen LogP contribution in [0.5, 0.6) is 0 Å². The lowest BCUT2D eigenvalue weighted by Crippen LogP contribution is -2.28. The summed E-state index contributed by atoms with van der Waals surface area (Å²) in [6.07, 6.45) is 2.84. The molecule has 2 fully saturated rings. The molecule has 0 saturated carbocycles. The van der Waals surface area contributed by atoms with Gasteiger partial charge in [0.25, 0.3) is 0 Å². The van der Waals surface area contributed by atoms with Gasteiger partial charge < -0.3 is 9.80 Å². The molecule has 0 spiro atoms. The highest BCUT2D eigenvalue weighted by molar-refractivity contribution is 6.37. The smallest absolute Gasteiger partial charge is 0.227 e. The lowest BCUT2D eigenvalue weighted by atomic mass is 9.86. The zero-order valence-corrected chi connectivity index (χ0v) is 14.7. The average molecular weight is 335 g/mol. The summed E-state index contributed by atoms with van der Waals surface area (Å²) in [7, 11) is 0. The van der Waals surface area contributed by atoms with E-state index in [0.29, 0.717) is 31.0 Å². The average Bonchev–Trinajstić information content (AvgIpc) is 3.07. The SMILES string of the molecule is CC(C)(C)c1cc(N2CCCC2=O)c(Cl)c(N2CCCC2=O)c1. The molecule has 0 aromatic heterocycles. The predicted octanol–water partition coefficient (Wildman–Crippen LogP) is 3.89. The molecule has 1 aromatic carbocycles. The number of nitrogens with zero attached hydrogens (tertiary/aromatic N) is 2. The minimum absolute atomic E-state index is 0.0837. The maximum Gasteiger partial charge on any atom is 0.227 e. The molecule has 0 bridgehead atoms. The number of hydrogen-bond donors (Lipinski definition) is 0. The topological polar surface area (TPSA) is 40.6 Å². The van der Waals surface area contributed by atoms with Gasteiger partial charge in [-0.3, -0.25) is 9.59 Å². The second kappa shape index (κ2) is 5.82. The fourth-order valence-corrected chi connectivity index (χ4v) is 3.54. The summed E-state index contributed by atoms with van der Waals surface area (Å²) in [6, 6.07) is 4.02. The van der Waals surface area contributed by atoms with Gasteiger partial charge in [0.2, 0.25) is 11.8 Å². The Morgan fingerprint density at radius 1 is 0.913 bits per heavy atom. The van der Waals surface area contributed by atoms with Crippen molar-refractivity contribution < 1.29 is 9.59 Å². The molecule has 5 heteroatoms. The molecule has 1 aromatic rings. The Morgan fingerprint density at radius 2 is 1.35 bits per heavy atom. The molecule has 0 radical (unpaired) electrons. The van der Waals surface area contributed by atoms with E-state index in [-0.39, 0.29) is 17.2 Å². The van der Waals surface area contributed by atoms with Gasteiger partial charge in [-0.05, 0) is 36.0 Å². The monoisotopic (exact) mass is 334 g/mol. The van der Waals surface area contributed by atoms with Gasteiger partial charge in [-0.15, -0.1) is 0 Å². The number of hydrogen-bond acceptors (Lipinski definition) is 2. The van der Waals surface area contributed by atoms with Gasteiger partial charge in [-0.25, -0.2) is 0 Å². The molecule has 0 N–H and O–H groups in total. The van der Waals surface area contributed by atoms with Crippen molar-refractivity contribution in [2.75, 3.05) is 22.9 Å². The van der Waals surface area contributed by atoms with E-state index in [1.807, 2.05) is 12.1 Å². The first kappa shape index (κ1) is 16.3. The fraction of sp³-hybridized carbons (Fsp3) is 0.556. The largest absolute Gasteiger partial charge is 0.311 e. The zero-order valence-electron chi connectivity index (χ0n) is 14.0. The number of benzene rings is 1. The van der Waals surface area contributed by atoms with Gasteiger partial charge in [-0.1, -0.05) is 32.4 Å². The third-order valence-corrected chi connectivity index (χ3v) is 5.02. The van der Waals surface area contributed by atoms with Crippen molar-refractivity contribution in [3.63, 3.8) is 0 Å². The first-order chi connectivity index (χ1) is 10.8. The molecule has 0 atom stereocenters. The van der Waals surface area contributed by atoms with Gasteiger partial charge in [0.15, 0.2) is 0 Å². The highest BCUT2D eigenvalue weighted by Gasteiger charge is 2.31. The zero-order chi connectivity index (χ0) is 16.8. The minimum Gasteiger partial charge on any atom is -0.311 e. The highest BCUT2D eigenvalue weighted by atomic mass is 35.5. The van der Waals surface area contributed by atoms with Crippen LogP contribution in [0.1, 0.15) is 52.0 Å². The molecular formula is C18H23ClN2O2. The van der Waals surface area contributed by atoms with Crippen molar-refractivity contribution >= 4 is 34.8 Å². The summed E-state index contributed by atoms with van der Waals surface area (Å²) in [4.78, 5) is 27.9. The fourth-order valence-electron chi connectivity index (χ4n) is 3.23. The number of carbonyl (C=O) groups is 2. The molecule has 4 nitrogen and oxygen atoms in total. The number of carbonyl (C=O) groups excluding carboxylic acids is 2. The Balaban J connectivity index is 2.15. The number of rotatable bonds is 2. The lowest BCUT2D eigenvalue weighted by molar-refractivity contribution is -0.117. The molecule has 2 aliphatic heterocycles. The highest BCUT2D eigenvalue weighted by Crippen LogP contribution is 2.42. The number of anilines is 2. The summed E-state index contributed by atoms with van der Waals surface area (Å²) in [5.74, 6) is 0.216. The quantitative estimate of drug-likeness (QED) is 0.823. The molecule has 2 saturated heterocycles. The van der Waals surface area contributed by atoms with Crippen LogP contribution >= 0.6 is 11.6 Å². The van der Waals surface area contributed by atoms with Crippen molar-refractivity contribution in [2.24, 2.45) is 0 Å². The van der Waals surface area contributed by atoms with Crippen molar-refractivity contribution in [1.82, 2.24) is 0 Å². The summed E-state index contributed by atoms with van der Waals surface area (Å²) < 4.78 is 0. The van der Waals surface area contributed by atoms with E-state index in [0.717, 1.165) is 29.8 Å². The minimum atomic E-state index is -0.0837. The first-order valence-corrected chi connectivity index (χ1v) is 8.61. The van der Waals surface area contributed by atoms with Gasteiger partial charge in [-0.2, -0.15) is 0 Å². The number of halogens is 1. The summed E-state index contributed by atoms with van der Waals surface area (Å²) in [6.45, 7) is 7.77. The maximum atomic E-state index is 12.2. The van der Waals surface area contributed by atoms with Crippen molar-refractivity contribution in [1.29, 1.82) is 0 Å². The third kappa shape index (κ3) is 2.97. The number of amides is 2. The second-order valence-corrected chi connectivity index (χ2v) is 7.75. The Kier molecular flexibility index (Phi) is 4.13. The van der Waals surface area contributed by atoms with E-state index in [1.54, 1.807) is 9.80 Å². The van der Waals surface area contributed by atoms with Crippen LogP contribution in [0.4, 0.5) is 11.4 Å². The molecule has 2 aliphatic rings. The molecule has 0 unspecified atom stereocenters. The van der Waals surface area contributed by atoms with Crippen LogP contribution in [-0.2, 0) is 15.0 Å². The van der Waals surface area contributed by atoms with Crippen LogP contribution in [0.25, 0.3) is 0 Å². The molecule has 0 aliphatic carbocycles. The van der Waals surface area contributed by atoms with Crippen LogP contribution in [0.3, 0.4) is 0 Å². The summed E-state index contributed by atoms with van der Waals surface area (Å²) in [5.41, 5.74) is 2.50. The standard InChI is InChI=1S/C18H23ClN2O2/c1-18(2,3)12-10-13(20-8-4-6-15(20)22)17(19)14(11-12)21-9-5-7-16(21)23/h10-11H,4-9H2,1-3H3. The molecule has 23 heavy (non-hydrogen) atoms. The predicted molar refractivity (Wildman–Crippen MR) is 93.3 cm³/mol. The molecule has 2 heterocycles. The van der Waals surface area contributed by atoms with Crippen LogP contribution in [0.2, 0.25) is 5.02 Å². The van der Waals surface area contributed by atoms with Gasteiger partial charge in [0.1, 0.15) is 0 Å².